The monoisotopic (exact) mass is 231 g/mol. The summed E-state index contributed by atoms with van der Waals surface area (Å²) in [6, 6.07) is 0. The fraction of sp³-hybridized carbons (Fsp3) is 0.909. The molecule has 0 spiro atoms. The number of carbonyl (C=O) groups excluding carboxylic acids is 1. The summed E-state index contributed by atoms with van der Waals surface area (Å²) >= 11 is 1.76. The Morgan fingerprint density at radius 1 is 1.60 bits per heavy atom. The molecule has 0 bridgehead atoms. The molecule has 0 heterocycles. The van der Waals surface area contributed by atoms with Gasteiger partial charge in [0.2, 0.25) is 5.91 Å². The quantitative estimate of drug-likeness (QED) is 0.673. The third-order valence-corrected chi connectivity index (χ3v) is 3.49. The van der Waals surface area contributed by atoms with E-state index in [2.05, 4.69) is 0 Å². The first kappa shape index (κ1) is 12.8. The zero-order valence-electron chi connectivity index (χ0n) is 9.61. The number of amides is 1. The fourth-order valence-corrected chi connectivity index (χ4v) is 2.00. The highest BCUT2D eigenvalue weighted by Crippen LogP contribution is 2.32. The Labute approximate surface area is 96.2 Å². The number of hydrogen-bond donors (Lipinski definition) is 1. The Morgan fingerprint density at radius 3 is 2.80 bits per heavy atom. The Kier molecular flexibility index (Phi) is 5.47. The molecule has 0 saturated heterocycles. The molecule has 1 rings (SSSR count). The number of carbonyl (C=O) groups is 1. The van der Waals surface area contributed by atoms with Crippen molar-refractivity contribution in [2.45, 2.75) is 31.8 Å². The topological polar surface area (TPSA) is 40.5 Å². The molecule has 0 radical (unpaired) electrons. The van der Waals surface area contributed by atoms with Crippen molar-refractivity contribution >= 4 is 17.7 Å². The van der Waals surface area contributed by atoms with Gasteiger partial charge in [0.25, 0.3) is 0 Å². The molecule has 15 heavy (non-hydrogen) atoms. The van der Waals surface area contributed by atoms with Crippen LogP contribution in [0.1, 0.15) is 25.7 Å². The van der Waals surface area contributed by atoms with E-state index < -0.39 is 0 Å². The first-order valence-electron chi connectivity index (χ1n) is 5.56. The molecule has 3 nitrogen and oxygen atoms in total. The zero-order chi connectivity index (χ0) is 11.3. The van der Waals surface area contributed by atoms with E-state index in [-0.39, 0.29) is 12.0 Å². The zero-order valence-corrected chi connectivity index (χ0v) is 10.4. The van der Waals surface area contributed by atoms with Gasteiger partial charge in [0.05, 0.1) is 6.10 Å². The van der Waals surface area contributed by atoms with Gasteiger partial charge in [-0.15, -0.1) is 0 Å². The molecule has 1 N–H and O–H groups in total. The van der Waals surface area contributed by atoms with Crippen LogP contribution >= 0.6 is 11.8 Å². The van der Waals surface area contributed by atoms with Crippen LogP contribution in [0, 0.1) is 5.92 Å². The Morgan fingerprint density at radius 2 is 2.27 bits per heavy atom. The van der Waals surface area contributed by atoms with Gasteiger partial charge in [-0.25, -0.2) is 0 Å². The van der Waals surface area contributed by atoms with Crippen LogP contribution in [-0.2, 0) is 4.79 Å². The Balaban J connectivity index is 2.13. The van der Waals surface area contributed by atoms with Crippen molar-refractivity contribution in [1.29, 1.82) is 0 Å². The lowest BCUT2D eigenvalue weighted by molar-refractivity contribution is -0.131. The first-order chi connectivity index (χ1) is 7.15. The SMILES string of the molecule is CSCCCC(=O)N(C)CC(O)C1CC1. The maximum Gasteiger partial charge on any atom is 0.222 e. The van der Waals surface area contributed by atoms with Gasteiger partial charge in [-0.3, -0.25) is 4.79 Å². The van der Waals surface area contributed by atoms with Crippen LogP contribution in [0.2, 0.25) is 0 Å². The highest BCUT2D eigenvalue weighted by Gasteiger charge is 2.30. The van der Waals surface area contributed by atoms with Crippen LogP contribution in [0.15, 0.2) is 0 Å². The van der Waals surface area contributed by atoms with Crippen LogP contribution < -0.4 is 0 Å². The summed E-state index contributed by atoms with van der Waals surface area (Å²) in [6.45, 7) is 0.503. The summed E-state index contributed by atoms with van der Waals surface area (Å²) in [5.41, 5.74) is 0. The molecule has 1 saturated carbocycles. The van der Waals surface area contributed by atoms with Crippen molar-refractivity contribution in [3.63, 3.8) is 0 Å². The van der Waals surface area contributed by atoms with E-state index in [1.807, 2.05) is 6.26 Å². The second-order valence-electron chi connectivity index (χ2n) is 4.28. The third kappa shape index (κ3) is 4.89. The maximum absolute atomic E-state index is 11.6. The van der Waals surface area contributed by atoms with Gasteiger partial charge in [0, 0.05) is 20.0 Å². The van der Waals surface area contributed by atoms with Gasteiger partial charge in [-0.05, 0) is 37.2 Å². The van der Waals surface area contributed by atoms with Crippen molar-refractivity contribution in [3.8, 4) is 0 Å². The van der Waals surface area contributed by atoms with E-state index in [1.54, 1.807) is 23.7 Å². The minimum Gasteiger partial charge on any atom is -0.391 e. The molecule has 1 amide bonds. The number of aliphatic hydroxyl groups is 1. The largest absolute Gasteiger partial charge is 0.391 e. The van der Waals surface area contributed by atoms with Gasteiger partial charge in [-0.1, -0.05) is 0 Å². The molecule has 88 valence electrons. The smallest absolute Gasteiger partial charge is 0.222 e. The van der Waals surface area contributed by atoms with Crippen LogP contribution in [0.5, 0.6) is 0 Å². The molecule has 1 atom stereocenters. The fourth-order valence-electron chi connectivity index (χ4n) is 1.57. The lowest BCUT2D eigenvalue weighted by Gasteiger charge is -2.20. The summed E-state index contributed by atoms with van der Waals surface area (Å²) in [6.07, 6.45) is 5.52. The van der Waals surface area contributed by atoms with E-state index in [1.165, 1.54) is 0 Å². The lowest BCUT2D eigenvalue weighted by atomic mass is 10.2. The van der Waals surface area contributed by atoms with E-state index in [0.29, 0.717) is 18.9 Å². The van der Waals surface area contributed by atoms with E-state index in [9.17, 15) is 9.90 Å². The minimum atomic E-state index is -0.306. The summed E-state index contributed by atoms with van der Waals surface area (Å²) < 4.78 is 0. The molecule has 0 aromatic rings. The van der Waals surface area contributed by atoms with Gasteiger partial charge < -0.3 is 10.0 Å². The second-order valence-corrected chi connectivity index (χ2v) is 5.26. The average molecular weight is 231 g/mol. The third-order valence-electron chi connectivity index (χ3n) is 2.79. The molecule has 4 heteroatoms. The molecule has 1 fully saturated rings. The average Bonchev–Trinajstić information content (AvgIpc) is 3.00. The van der Waals surface area contributed by atoms with Crippen molar-refractivity contribution < 1.29 is 9.90 Å². The molecule has 0 aromatic heterocycles. The van der Waals surface area contributed by atoms with Crippen LogP contribution in [-0.4, -0.2) is 47.6 Å². The minimum absolute atomic E-state index is 0.156. The number of rotatable bonds is 7. The summed E-state index contributed by atoms with van der Waals surface area (Å²) in [4.78, 5) is 13.3. The van der Waals surface area contributed by atoms with Crippen molar-refractivity contribution in [3.05, 3.63) is 0 Å². The van der Waals surface area contributed by atoms with Crippen LogP contribution in [0.3, 0.4) is 0 Å². The first-order valence-corrected chi connectivity index (χ1v) is 6.95. The lowest BCUT2D eigenvalue weighted by Crippen LogP contribution is -2.35. The normalized spacial score (nSPS) is 17.5. The van der Waals surface area contributed by atoms with Crippen molar-refractivity contribution in [2.24, 2.45) is 5.92 Å². The molecule has 1 unspecified atom stereocenters. The molecule has 1 aliphatic rings. The Bertz CT molecular complexity index is 207. The van der Waals surface area contributed by atoms with E-state index in [4.69, 9.17) is 0 Å². The van der Waals surface area contributed by atoms with E-state index >= 15 is 0 Å². The number of nitrogens with zero attached hydrogens (tertiary/aromatic N) is 1. The maximum atomic E-state index is 11.6. The number of thioether (sulfide) groups is 1. The summed E-state index contributed by atoms with van der Waals surface area (Å²) in [5.74, 6) is 1.64. The standard InChI is InChI=1S/C11H21NO2S/c1-12(8-10(13)9-5-6-9)11(14)4-3-7-15-2/h9-10,13H,3-8H2,1-2H3. The van der Waals surface area contributed by atoms with Gasteiger partial charge in [0.15, 0.2) is 0 Å². The van der Waals surface area contributed by atoms with E-state index in [0.717, 1.165) is 25.0 Å². The predicted octanol–water partition coefficient (Wildman–Crippen LogP) is 1.36. The highest BCUT2D eigenvalue weighted by molar-refractivity contribution is 7.98. The molecule has 1 aliphatic carbocycles. The van der Waals surface area contributed by atoms with Gasteiger partial charge in [-0.2, -0.15) is 11.8 Å². The van der Waals surface area contributed by atoms with Crippen LogP contribution in [0.25, 0.3) is 0 Å². The number of hydrogen-bond acceptors (Lipinski definition) is 3. The van der Waals surface area contributed by atoms with Crippen LogP contribution in [0.4, 0.5) is 0 Å². The number of likely N-dealkylation sites (N-methyl/N-ethyl adjacent to an activating group) is 1. The molecule has 0 aromatic carbocycles. The molecular weight excluding hydrogens is 210 g/mol. The molecular formula is C11H21NO2S. The predicted molar refractivity (Wildman–Crippen MR) is 64.0 cm³/mol. The summed E-state index contributed by atoms with van der Waals surface area (Å²) in [7, 11) is 1.78. The number of aliphatic hydroxyl groups excluding tert-OH is 1. The van der Waals surface area contributed by atoms with Gasteiger partial charge in [0.1, 0.15) is 0 Å². The second kappa shape index (κ2) is 6.38. The highest BCUT2D eigenvalue weighted by atomic mass is 32.2. The van der Waals surface area contributed by atoms with Crippen molar-refractivity contribution in [2.75, 3.05) is 25.6 Å². The van der Waals surface area contributed by atoms with Gasteiger partial charge >= 0.3 is 0 Å². The van der Waals surface area contributed by atoms with Crippen molar-refractivity contribution in [1.82, 2.24) is 4.90 Å². The molecule has 0 aliphatic heterocycles. The summed E-state index contributed by atoms with van der Waals surface area (Å²) in [5, 5.41) is 9.68. The Hall–Kier alpha value is -0.220.